The average Bonchev–Trinajstić information content (AvgIpc) is 2.58. The zero-order chi connectivity index (χ0) is 17.5. The first-order chi connectivity index (χ1) is 11.5. The van der Waals surface area contributed by atoms with Crippen LogP contribution in [0.2, 0.25) is 0 Å². The van der Waals surface area contributed by atoms with Gasteiger partial charge >= 0.3 is 0 Å². The van der Waals surface area contributed by atoms with Crippen molar-refractivity contribution in [3.63, 3.8) is 0 Å². The molecule has 0 bridgehead atoms. The summed E-state index contributed by atoms with van der Waals surface area (Å²) in [7, 11) is 5.48. The van der Waals surface area contributed by atoms with Crippen molar-refractivity contribution in [3.05, 3.63) is 71.0 Å². The van der Waals surface area contributed by atoms with E-state index < -0.39 is 5.82 Å². The molecule has 2 aromatic carbocycles. The maximum atomic E-state index is 13.9. The topological polar surface area (TPSA) is 29.5 Å². The van der Waals surface area contributed by atoms with Crippen molar-refractivity contribution in [2.75, 3.05) is 27.7 Å². The van der Waals surface area contributed by atoms with Crippen LogP contribution in [0.15, 0.2) is 48.5 Å². The molecule has 0 unspecified atom stereocenters. The van der Waals surface area contributed by atoms with Gasteiger partial charge in [0.05, 0.1) is 7.11 Å². The van der Waals surface area contributed by atoms with Gasteiger partial charge in [-0.05, 0) is 50.4 Å². The Labute approximate surface area is 142 Å². The van der Waals surface area contributed by atoms with Crippen molar-refractivity contribution in [2.24, 2.45) is 0 Å². The Balaban J connectivity index is 2.18. The Kier molecular flexibility index (Phi) is 6.27. The number of carbonyl (C=O) groups is 1. The van der Waals surface area contributed by atoms with Crippen LogP contribution in [0, 0.1) is 5.82 Å². The monoisotopic (exact) mass is 327 g/mol. The standard InChI is InChI=1S/C20H22FNO2/c1-22(2)13-12-15-6-4-5-7-18(15)20(23)11-9-16-8-10-17(24-3)14-19(16)21/h4-11,14H,12-13H2,1-3H3/b11-9+. The van der Waals surface area contributed by atoms with E-state index in [1.807, 2.05) is 38.4 Å². The number of benzene rings is 2. The van der Waals surface area contributed by atoms with Crippen LogP contribution < -0.4 is 4.74 Å². The summed E-state index contributed by atoms with van der Waals surface area (Å²) in [6.07, 6.45) is 3.71. The molecule has 0 heterocycles. The van der Waals surface area contributed by atoms with Crippen LogP contribution in [-0.4, -0.2) is 38.4 Å². The van der Waals surface area contributed by atoms with Crippen LogP contribution in [0.1, 0.15) is 21.5 Å². The molecule has 2 rings (SSSR count). The van der Waals surface area contributed by atoms with Gasteiger partial charge in [0.15, 0.2) is 5.78 Å². The summed E-state index contributed by atoms with van der Waals surface area (Å²) in [5, 5.41) is 0. The zero-order valence-corrected chi connectivity index (χ0v) is 14.3. The Bertz CT molecular complexity index is 738. The molecule has 24 heavy (non-hydrogen) atoms. The molecule has 0 saturated heterocycles. The van der Waals surface area contributed by atoms with Crippen LogP contribution in [-0.2, 0) is 6.42 Å². The van der Waals surface area contributed by atoms with Crippen LogP contribution in [0.4, 0.5) is 4.39 Å². The number of allylic oxidation sites excluding steroid dienone is 1. The number of hydrogen-bond acceptors (Lipinski definition) is 3. The first-order valence-corrected chi connectivity index (χ1v) is 7.80. The second kappa shape index (κ2) is 8.41. The van der Waals surface area contributed by atoms with Gasteiger partial charge in [-0.15, -0.1) is 0 Å². The molecule has 0 aliphatic rings. The third-order valence-electron chi connectivity index (χ3n) is 3.73. The minimum atomic E-state index is -0.417. The number of rotatable bonds is 7. The summed E-state index contributed by atoms with van der Waals surface area (Å²) in [6, 6.07) is 12.1. The first-order valence-electron chi connectivity index (χ1n) is 7.80. The molecule has 0 aliphatic carbocycles. The number of halogens is 1. The first kappa shape index (κ1) is 17.9. The third-order valence-corrected chi connectivity index (χ3v) is 3.73. The van der Waals surface area contributed by atoms with E-state index in [0.717, 1.165) is 18.5 Å². The van der Waals surface area contributed by atoms with Crippen molar-refractivity contribution < 1.29 is 13.9 Å². The zero-order valence-electron chi connectivity index (χ0n) is 14.3. The molecule has 0 aliphatic heterocycles. The van der Waals surface area contributed by atoms with E-state index in [9.17, 15) is 9.18 Å². The SMILES string of the molecule is COc1ccc(/C=C/C(=O)c2ccccc2CCN(C)C)c(F)c1. The van der Waals surface area contributed by atoms with Gasteiger partial charge in [0.25, 0.3) is 0 Å². The van der Waals surface area contributed by atoms with Crippen LogP contribution >= 0.6 is 0 Å². The maximum absolute atomic E-state index is 13.9. The highest BCUT2D eigenvalue weighted by Gasteiger charge is 2.09. The second-order valence-corrected chi connectivity index (χ2v) is 5.80. The fraction of sp³-hybridized carbons (Fsp3) is 0.250. The number of likely N-dealkylation sites (N-methyl/N-ethyl adjacent to an activating group) is 1. The van der Waals surface area contributed by atoms with Gasteiger partial charge in [0.1, 0.15) is 11.6 Å². The molecule has 0 spiro atoms. The molecule has 0 saturated carbocycles. The van der Waals surface area contributed by atoms with Crippen molar-refractivity contribution in [1.29, 1.82) is 0 Å². The summed E-state index contributed by atoms with van der Waals surface area (Å²) in [5.74, 6) is -0.0936. The summed E-state index contributed by atoms with van der Waals surface area (Å²) in [5.41, 5.74) is 2.01. The molecular weight excluding hydrogens is 305 g/mol. The van der Waals surface area contributed by atoms with Gasteiger partial charge in [-0.1, -0.05) is 24.3 Å². The molecule has 3 nitrogen and oxygen atoms in total. The molecular formula is C20H22FNO2. The van der Waals surface area contributed by atoms with Gasteiger partial charge in [-0.2, -0.15) is 0 Å². The van der Waals surface area contributed by atoms with Crippen LogP contribution in [0.3, 0.4) is 0 Å². The van der Waals surface area contributed by atoms with E-state index in [1.165, 1.54) is 25.3 Å². The second-order valence-electron chi connectivity index (χ2n) is 5.80. The lowest BCUT2D eigenvalue weighted by Gasteiger charge is -2.11. The number of ether oxygens (including phenoxy) is 1. The third kappa shape index (κ3) is 4.77. The van der Waals surface area contributed by atoms with E-state index in [-0.39, 0.29) is 5.78 Å². The van der Waals surface area contributed by atoms with Crippen molar-refractivity contribution in [3.8, 4) is 5.75 Å². The van der Waals surface area contributed by atoms with E-state index in [0.29, 0.717) is 16.9 Å². The lowest BCUT2D eigenvalue weighted by Crippen LogP contribution is -2.16. The Morgan fingerprint density at radius 3 is 2.62 bits per heavy atom. The summed E-state index contributed by atoms with van der Waals surface area (Å²) in [6.45, 7) is 0.862. The maximum Gasteiger partial charge on any atom is 0.186 e. The fourth-order valence-corrected chi connectivity index (χ4v) is 2.35. The summed E-state index contributed by atoms with van der Waals surface area (Å²) in [4.78, 5) is 14.5. The highest BCUT2D eigenvalue weighted by atomic mass is 19.1. The van der Waals surface area contributed by atoms with E-state index >= 15 is 0 Å². The van der Waals surface area contributed by atoms with Gasteiger partial charge in [0.2, 0.25) is 0 Å². The van der Waals surface area contributed by atoms with E-state index in [2.05, 4.69) is 4.90 Å². The molecule has 0 atom stereocenters. The predicted octanol–water partition coefficient (Wildman–Crippen LogP) is 3.83. The summed E-state index contributed by atoms with van der Waals surface area (Å²) < 4.78 is 18.9. The number of methoxy groups -OCH3 is 1. The molecule has 0 radical (unpaired) electrons. The Morgan fingerprint density at radius 2 is 1.96 bits per heavy atom. The largest absolute Gasteiger partial charge is 0.497 e. The number of carbonyl (C=O) groups excluding carboxylic acids is 1. The van der Waals surface area contributed by atoms with E-state index in [1.54, 1.807) is 12.1 Å². The normalized spacial score (nSPS) is 11.2. The average molecular weight is 327 g/mol. The highest BCUT2D eigenvalue weighted by molar-refractivity contribution is 6.07. The minimum Gasteiger partial charge on any atom is -0.497 e. The molecule has 0 N–H and O–H groups in total. The van der Waals surface area contributed by atoms with E-state index in [4.69, 9.17) is 4.74 Å². The van der Waals surface area contributed by atoms with Crippen LogP contribution in [0.5, 0.6) is 5.75 Å². The molecule has 2 aromatic rings. The quantitative estimate of drug-likeness (QED) is 0.572. The lowest BCUT2D eigenvalue weighted by atomic mass is 10.00. The van der Waals surface area contributed by atoms with Crippen LogP contribution in [0.25, 0.3) is 6.08 Å². The fourth-order valence-electron chi connectivity index (χ4n) is 2.35. The Hall–Kier alpha value is -2.46. The van der Waals surface area contributed by atoms with Crippen molar-refractivity contribution >= 4 is 11.9 Å². The number of ketones is 1. The van der Waals surface area contributed by atoms with Crippen molar-refractivity contribution in [2.45, 2.75) is 6.42 Å². The minimum absolute atomic E-state index is 0.125. The Morgan fingerprint density at radius 1 is 1.21 bits per heavy atom. The highest BCUT2D eigenvalue weighted by Crippen LogP contribution is 2.18. The smallest absolute Gasteiger partial charge is 0.186 e. The molecule has 4 heteroatoms. The molecule has 0 amide bonds. The summed E-state index contributed by atoms with van der Waals surface area (Å²) >= 11 is 0. The van der Waals surface area contributed by atoms with Gasteiger partial charge in [-0.3, -0.25) is 4.79 Å². The van der Waals surface area contributed by atoms with Gasteiger partial charge in [0, 0.05) is 23.7 Å². The lowest BCUT2D eigenvalue weighted by molar-refractivity contribution is 0.104. The molecule has 0 fully saturated rings. The molecule has 0 aromatic heterocycles. The molecule has 126 valence electrons. The van der Waals surface area contributed by atoms with Gasteiger partial charge < -0.3 is 9.64 Å². The number of hydrogen-bond donors (Lipinski definition) is 0. The predicted molar refractivity (Wildman–Crippen MR) is 95.0 cm³/mol. The van der Waals surface area contributed by atoms with Gasteiger partial charge in [-0.25, -0.2) is 4.39 Å². The number of nitrogens with zero attached hydrogens (tertiary/aromatic N) is 1. The van der Waals surface area contributed by atoms with Crippen molar-refractivity contribution in [1.82, 2.24) is 4.90 Å².